The van der Waals surface area contributed by atoms with E-state index in [2.05, 4.69) is 21.8 Å². The number of amides is 1. The van der Waals surface area contributed by atoms with Gasteiger partial charge in [-0.2, -0.15) is 0 Å². The van der Waals surface area contributed by atoms with Crippen LogP contribution in [-0.4, -0.2) is 38.6 Å². The largest absolute Gasteiger partial charge is 0.339 e. The van der Waals surface area contributed by atoms with Crippen molar-refractivity contribution in [1.29, 1.82) is 0 Å². The molecule has 0 unspecified atom stereocenters. The second kappa shape index (κ2) is 6.73. The van der Waals surface area contributed by atoms with Gasteiger partial charge in [0, 0.05) is 12.6 Å². The van der Waals surface area contributed by atoms with Crippen molar-refractivity contribution in [2.75, 3.05) is 6.54 Å². The van der Waals surface area contributed by atoms with Crippen molar-refractivity contribution in [3.8, 4) is 0 Å². The normalized spacial score (nSPS) is 20.3. The summed E-state index contributed by atoms with van der Waals surface area (Å²) < 4.78 is 0. The number of piperidine rings is 1. The molecule has 2 heterocycles. The summed E-state index contributed by atoms with van der Waals surface area (Å²) in [5.41, 5.74) is 1.98. The molecule has 0 bridgehead atoms. The molecule has 1 aliphatic rings. The molecule has 22 heavy (non-hydrogen) atoms. The molecule has 1 aromatic carbocycles. The Kier molecular flexibility index (Phi) is 4.71. The molecule has 2 aromatic rings. The number of carbonyl (C=O) groups excluding carboxylic acids is 1. The van der Waals surface area contributed by atoms with E-state index in [4.69, 9.17) is 0 Å². The topological polar surface area (TPSA) is 49.0 Å². The van der Waals surface area contributed by atoms with Crippen molar-refractivity contribution in [3.05, 3.63) is 24.3 Å². The number of nitrogens with zero attached hydrogens (tertiary/aromatic N) is 2. The Hall–Kier alpha value is -1.49. The molecule has 2 atom stereocenters. The number of carbonyl (C=O) groups is 1. The predicted octanol–water partition coefficient (Wildman–Crippen LogP) is 3.83. The number of aromatic nitrogens is 2. The number of fused-ring (bicyclic) bond motifs is 1. The molecule has 4 nitrogen and oxygen atoms in total. The van der Waals surface area contributed by atoms with Crippen molar-refractivity contribution < 1.29 is 4.79 Å². The third-order valence-electron chi connectivity index (χ3n) is 4.39. The lowest BCUT2D eigenvalue weighted by Gasteiger charge is -2.36. The van der Waals surface area contributed by atoms with E-state index < -0.39 is 0 Å². The fourth-order valence-electron chi connectivity index (χ4n) is 3.15. The monoisotopic (exact) mass is 317 g/mol. The number of hydrogen-bond acceptors (Lipinski definition) is 3. The lowest BCUT2D eigenvalue weighted by Crippen LogP contribution is -2.46. The number of para-hydroxylation sites is 2. The zero-order chi connectivity index (χ0) is 15.5. The number of benzene rings is 1. The molecular formula is C17H23N3OS. The number of aromatic amines is 1. The third-order valence-corrected chi connectivity index (χ3v) is 5.36. The fraction of sp³-hybridized carbons (Fsp3) is 0.529. The summed E-state index contributed by atoms with van der Waals surface area (Å²) in [6, 6.07) is 8.38. The molecule has 0 radical (unpaired) electrons. The Morgan fingerprint density at radius 2 is 2.27 bits per heavy atom. The van der Waals surface area contributed by atoms with Gasteiger partial charge in [0.15, 0.2) is 5.16 Å². The van der Waals surface area contributed by atoms with Crippen LogP contribution in [0.5, 0.6) is 0 Å². The van der Waals surface area contributed by atoms with Crippen molar-refractivity contribution in [2.45, 2.75) is 56.0 Å². The first kappa shape index (κ1) is 15.4. The van der Waals surface area contributed by atoms with Crippen LogP contribution < -0.4 is 0 Å². The van der Waals surface area contributed by atoms with Crippen LogP contribution in [0.2, 0.25) is 0 Å². The Morgan fingerprint density at radius 1 is 1.45 bits per heavy atom. The number of rotatable bonds is 4. The number of nitrogens with one attached hydrogen (secondary N) is 1. The molecule has 1 aliphatic heterocycles. The SMILES string of the molecule is CC[C@H]1CCCCN1C(=O)[C@@H](C)Sc1nc2ccccc2[nH]1. The molecule has 0 aliphatic carbocycles. The van der Waals surface area contributed by atoms with Crippen molar-refractivity contribution in [1.82, 2.24) is 14.9 Å². The summed E-state index contributed by atoms with van der Waals surface area (Å²) in [6.45, 7) is 5.07. The van der Waals surface area contributed by atoms with E-state index in [0.29, 0.717) is 6.04 Å². The number of hydrogen-bond donors (Lipinski definition) is 1. The van der Waals surface area contributed by atoms with Crippen molar-refractivity contribution in [2.24, 2.45) is 0 Å². The third kappa shape index (κ3) is 3.14. The molecular weight excluding hydrogens is 294 g/mol. The van der Waals surface area contributed by atoms with Gasteiger partial charge in [-0.3, -0.25) is 4.79 Å². The molecule has 118 valence electrons. The van der Waals surface area contributed by atoms with Crippen LogP contribution in [-0.2, 0) is 4.79 Å². The lowest BCUT2D eigenvalue weighted by molar-refractivity contribution is -0.134. The highest BCUT2D eigenvalue weighted by Gasteiger charge is 2.29. The first-order chi connectivity index (χ1) is 10.7. The smallest absolute Gasteiger partial charge is 0.236 e. The lowest BCUT2D eigenvalue weighted by atomic mass is 10.00. The van der Waals surface area contributed by atoms with Crippen LogP contribution in [0.15, 0.2) is 29.4 Å². The maximum Gasteiger partial charge on any atom is 0.236 e. The van der Waals surface area contributed by atoms with E-state index in [1.54, 1.807) is 0 Å². The second-order valence-electron chi connectivity index (χ2n) is 5.91. The Labute approximate surface area is 135 Å². The molecule has 1 fully saturated rings. The summed E-state index contributed by atoms with van der Waals surface area (Å²) in [5, 5.41) is 0.722. The summed E-state index contributed by atoms with van der Waals surface area (Å²) >= 11 is 1.53. The Morgan fingerprint density at radius 3 is 3.05 bits per heavy atom. The van der Waals surface area contributed by atoms with Gasteiger partial charge < -0.3 is 9.88 Å². The van der Waals surface area contributed by atoms with Gasteiger partial charge in [0.1, 0.15) is 0 Å². The van der Waals surface area contributed by atoms with Gasteiger partial charge >= 0.3 is 0 Å². The average Bonchev–Trinajstić information content (AvgIpc) is 2.96. The molecule has 0 spiro atoms. The predicted molar refractivity (Wildman–Crippen MR) is 91.1 cm³/mol. The molecule has 1 aromatic heterocycles. The van der Waals surface area contributed by atoms with Crippen LogP contribution in [0.1, 0.15) is 39.5 Å². The molecule has 1 N–H and O–H groups in total. The van der Waals surface area contributed by atoms with Gasteiger partial charge in [-0.25, -0.2) is 4.98 Å². The summed E-state index contributed by atoms with van der Waals surface area (Å²) in [6.07, 6.45) is 4.57. The first-order valence-corrected chi connectivity index (χ1v) is 8.99. The number of likely N-dealkylation sites (tertiary alicyclic amines) is 1. The molecule has 5 heteroatoms. The van der Waals surface area contributed by atoms with Crippen LogP contribution in [0.4, 0.5) is 0 Å². The maximum atomic E-state index is 12.8. The number of thioether (sulfide) groups is 1. The highest BCUT2D eigenvalue weighted by molar-refractivity contribution is 8.00. The minimum atomic E-state index is -0.104. The molecule has 0 saturated carbocycles. The van der Waals surface area contributed by atoms with E-state index in [1.165, 1.54) is 18.2 Å². The first-order valence-electron chi connectivity index (χ1n) is 8.11. The van der Waals surface area contributed by atoms with Gasteiger partial charge in [0.25, 0.3) is 0 Å². The van der Waals surface area contributed by atoms with E-state index in [1.807, 2.05) is 31.2 Å². The van der Waals surface area contributed by atoms with Gasteiger partial charge in [-0.05, 0) is 44.7 Å². The van der Waals surface area contributed by atoms with E-state index in [0.717, 1.165) is 42.0 Å². The fourth-order valence-corrected chi connectivity index (χ4v) is 4.04. The summed E-state index contributed by atoms with van der Waals surface area (Å²) in [5.74, 6) is 0.247. The Balaban J connectivity index is 1.70. The van der Waals surface area contributed by atoms with E-state index >= 15 is 0 Å². The zero-order valence-electron chi connectivity index (χ0n) is 13.2. The minimum Gasteiger partial charge on any atom is -0.339 e. The number of imidazole rings is 1. The maximum absolute atomic E-state index is 12.8. The molecule has 1 saturated heterocycles. The van der Waals surface area contributed by atoms with Gasteiger partial charge in [0.05, 0.1) is 16.3 Å². The second-order valence-corrected chi connectivity index (χ2v) is 7.24. The van der Waals surface area contributed by atoms with E-state index in [9.17, 15) is 4.79 Å². The van der Waals surface area contributed by atoms with Crippen LogP contribution in [0.25, 0.3) is 11.0 Å². The van der Waals surface area contributed by atoms with Gasteiger partial charge in [0.2, 0.25) is 5.91 Å². The standard InChI is InChI=1S/C17H23N3OS/c1-3-13-8-6-7-11-20(13)16(21)12(2)22-17-18-14-9-4-5-10-15(14)19-17/h4-5,9-10,12-13H,3,6-8,11H2,1-2H3,(H,18,19)/t12-,13+/m1/s1. The number of H-pyrrole nitrogens is 1. The average molecular weight is 317 g/mol. The van der Waals surface area contributed by atoms with Crippen LogP contribution in [0, 0.1) is 0 Å². The van der Waals surface area contributed by atoms with Gasteiger partial charge in [-0.15, -0.1) is 0 Å². The van der Waals surface area contributed by atoms with Crippen LogP contribution in [0.3, 0.4) is 0 Å². The Bertz CT molecular complexity index is 621. The van der Waals surface area contributed by atoms with E-state index in [-0.39, 0.29) is 11.2 Å². The highest BCUT2D eigenvalue weighted by atomic mass is 32.2. The molecule has 3 rings (SSSR count). The minimum absolute atomic E-state index is 0.104. The summed E-state index contributed by atoms with van der Waals surface area (Å²) in [4.78, 5) is 22.7. The van der Waals surface area contributed by atoms with Crippen LogP contribution >= 0.6 is 11.8 Å². The molecule has 1 amide bonds. The van der Waals surface area contributed by atoms with Crippen molar-refractivity contribution in [3.63, 3.8) is 0 Å². The highest BCUT2D eigenvalue weighted by Crippen LogP contribution is 2.27. The summed E-state index contributed by atoms with van der Waals surface area (Å²) in [7, 11) is 0. The zero-order valence-corrected chi connectivity index (χ0v) is 14.0. The quantitative estimate of drug-likeness (QED) is 0.872. The van der Waals surface area contributed by atoms with Gasteiger partial charge in [-0.1, -0.05) is 30.8 Å². The van der Waals surface area contributed by atoms with Crippen molar-refractivity contribution >= 4 is 28.7 Å².